The molecule has 2 saturated heterocycles. The smallest absolute Gasteiger partial charge is 0.299 e. The molecule has 2 aromatic rings. The number of likely N-dealkylation sites (tertiary alicyclic amines) is 1. The minimum absolute atomic E-state index is 0.0212. The topological polar surface area (TPSA) is 57.0 Å². The Balaban J connectivity index is 1.20. The summed E-state index contributed by atoms with van der Waals surface area (Å²) in [6.07, 6.45) is 9.96. The van der Waals surface area contributed by atoms with E-state index in [1.54, 1.807) is 10.8 Å². The molecule has 7 rings (SSSR count). The number of hydrazine groups is 1. The molecule has 0 bridgehead atoms. The third-order valence-electron chi connectivity index (χ3n) is 11.1. The number of pyridine rings is 1. The molecule has 0 radical (unpaired) electrons. The summed E-state index contributed by atoms with van der Waals surface area (Å²) in [7, 11) is 2.16. The van der Waals surface area contributed by atoms with Crippen LogP contribution in [0.15, 0.2) is 23.3 Å². The number of alkyl halides is 3. The Morgan fingerprint density at radius 2 is 1.90 bits per heavy atom. The Kier molecular flexibility index (Phi) is 6.46. The van der Waals surface area contributed by atoms with Crippen molar-refractivity contribution in [1.29, 1.82) is 0 Å². The molecule has 220 valence electrons. The molecule has 5 fully saturated rings. The number of rotatable bonds is 5. The zero-order valence-corrected chi connectivity index (χ0v) is 23.8. The molecule has 3 unspecified atom stereocenters. The minimum atomic E-state index is -4.52. The second kappa shape index (κ2) is 9.57. The van der Waals surface area contributed by atoms with Gasteiger partial charge in [0.05, 0.1) is 23.9 Å². The van der Waals surface area contributed by atoms with Gasteiger partial charge < -0.3 is 0 Å². The van der Waals surface area contributed by atoms with Crippen molar-refractivity contribution in [3.05, 3.63) is 40.1 Å². The molecule has 40 heavy (non-hydrogen) atoms. The molecule has 10 heteroatoms. The molecule has 0 amide bonds. The van der Waals surface area contributed by atoms with Crippen LogP contribution in [-0.2, 0) is 12.7 Å². The number of nitrogens with one attached hydrogen (secondary N) is 2. The monoisotopic (exact) mass is 560 g/mol. The van der Waals surface area contributed by atoms with Gasteiger partial charge in [0.25, 0.3) is 0 Å². The van der Waals surface area contributed by atoms with Crippen molar-refractivity contribution in [3.63, 3.8) is 0 Å². The van der Waals surface area contributed by atoms with Crippen molar-refractivity contribution >= 4 is 5.52 Å². The Morgan fingerprint density at radius 1 is 1.10 bits per heavy atom. The summed E-state index contributed by atoms with van der Waals surface area (Å²) in [4.78, 5) is 18.4. The highest BCUT2D eigenvalue weighted by Gasteiger charge is 2.67. The normalized spacial score (nSPS) is 32.5. The predicted octanol–water partition coefficient (Wildman–Crippen LogP) is 4.97. The first-order chi connectivity index (χ1) is 19.1. The van der Waals surface area contributed by atoms with E-state index in [2.05, 4.69) is 34.6 Å². The Labute approximate surface area is 234 Å². The summed E-state index contributed by atoms with van der Waals surface area (Å²) >= 11 is 0. The van der Waals surface area contributed by atoms with Crippen LogP contribution in [0.5, 0.6) is 0 Å². The van der Waals surface area contributed by atoms with Gasteiger partial charge in [-0.1, -0.05) is 13.3 Å². The van der Waals surface area contributed by atoms with Crippen LogP contribution in [0.4, 0.5) is 13.2 Å². The molecular weight excluding hydrogens is 517 g/mol. The van der Waals surface area contributed by atoms with E-state index in [-0.39, 0.29) is 28.8 Å². The van der Waals surface area contributed by atoms with Gasteiger partial charge in [-0.15, -0.1) is 0 Å². The van der Waals surface area contributed by atoms with Gasteiger partial charge in [-0.25, -0.2) is 15.6 Å². The van der Waals surface area contributed by atoms with E-state index in [1.165, 1.54) is 42.3 Å². The van der Waals surface area contributed by atoms with Crippen molar-refractivity contribution < 1.29 is 13.2 Å². The highest BCUT2D eigenvalue weighted by atomic mass is 19.4. The maximum absolute atomic E-state index is 14.3. The summed E-state index contributed by atoms with van der Waals surface area (Å²) < 4.78 is 45.9. The molecule has 2 N–H and O–H groups in total. The molecule has 1 spiro atoms. The number of piperidine rings is 1. The van der Waals surface area contributed by atoms with Gasteiger partial charge in [0.2, 0.25) is 0 Å². The van der Waals surface area contributed by atoms with Gasteiger partial charge in [0, 0.05) is 36.9 Å². The van der Waals surface area contributed by atoms with E-state index < -0.39 is 11.7 Å². The quantitative estimate of drug-likeness (QED) is 0.541. The first-order valence-electron chi connectivity index (χ1n) is 15.3. The fourth-order valence-electron chi connectivity index (χ4n) is 9.10. The van der Waals surface area contributed by atoms with E-state index in [9.17, 15) is 18.0 Å². The third kappa shape index (κ3) is 4.53. The fourth-order valence-corrected chi connectivity index (χ4v) is 9.10. The van der Waals surface area contributed by atoms with Crippen LogP contribution in [0.2, 0.25) is 0 Å². The van der Waals surface area contributed by atoms with Crippen LogP contribution >= 0.6 is 0 Å². The Hall–Kier alpha value is -1.88. The van der Waals surface area contributed by atoms with E-state index in [1.807, 2.05) is 0 Å². The largest absolute Gasteiger partial charge is 0.418 e. The molecule has 2 aliphatic heterocycles. The SMILES string of the molecule is C[C@H]1CCCN(Cc2cc(C(F)(F)F)c3cn(C4CCCC(C5(C6NNCN6C)CC6(CC6)C5)C4)c(=O)n3c2)C1. The van der Waals surface area contributed by atoms with Gasteiger partial charge in [0.1, 0.15) is 0 Å². The van der Waals surface area contributed by atoms with Crippen LogP contribution in [0.1, 0.15) is 88.3 Å². The Bertz CT molecular complexity index is 1320. The number of hydrogen-bond donors (Lipinski definition) is 2. The number of fused-ring (bicyclic) bond motifs is 1. The zero-order valence-electron chi connectivity index (χ0n) is 23.8. The van der Waals surface area contributed by atoms with Gasteiger partial charge in [-0.3, -0.25) is 18.8 Å². The number of aromatic nitrogens is 2. The van der Waals surface area contributed by atoms with E-state index in [0.29, 0.717) is 29.4 Å². The predicted molar refractivity (Wildman–Crippen MR) is 147 cm³/mol. The van der Waals surface area contributed by atoms with Crippen molar-refractivity contribution in [1.82, 2.24) is 29.6 Å². The molecule has 4 atom stereocenters. The summed E-state index contributed by atoms with van der Waals surface area (Å²) in [5.41, 5.74) is 7.02. The molecule has 3 saturated carbocycles. The van der Waals surface area contributed by atoms with Crippen LogP contribution in [0, 0.1) is 22.7 Å². The van der Waals surface area contributed by atoms with E-state index in [0.717, 1.165) is 58.3 Å². The van der Waals surface area contributed by atoms with Gasteiger partial charge in [-0.05, 0) is 100 Å². The molecule has 5 aliphatic rings. The highest BCUT2D eigenvalue weighted by Crippen LogP contribution is 2.73. The fraction of sp³-hybridized carbons (Fsp3) is 0.767. The van der Waals surface area contributed by atoms with Crippen molar-refractivity contribution in [2.75, 3.05) is 26.8 Å². The minimum Gasteiger partial charge on any atom is -0.299 e. The first-order valence-corrected chi connectivity index (χ1v) is 15.3. The number of imidazole rings is 1. The van der Waals surface area contributed by atoms with Crippen molar-refractivity contribution in [2.24, 2.45) is 22.7 Å². The zero-order chi connectivity index (χ0) is 27.9. The average molecular weight is 561 g/mol. The second-order valence-electron chi connectivity index (χ2n) is 14.1. The standard InChI is InChI=1S/C30H43F3N6O/c1-20-5-4-10-37(13-20)14-21-11-24(30(31,32)33)25-16-38(27(40)39(25)15-21)23-7-3-6-22(12-23)29(17-28(18-29)8-9-28)26-35-34-19-36(26)2/h11,15-16,20,22-23,26,34-35H,3-10,12-14,17-19H2,1-2H3/t20-,22?,23?,26?/m0/s1. The molecular formula is C30H43F3N6O. The van der Waals surface area contributed by atoms with Gasteiger partial charge in [-0.2, -0.15) is 13.2 Å². The number of halogens is 3. The molecule has 7 nitrogen and oxygen atoms in total. The highest BCUT2D eigenvalue weighted by molar-refractivity contribution is 5.56. The first kappa shape index (κ1) is 27.0. The Morgan fingerprint density at radius 3 is 2.58 bits per heavy atom. The lowest BCUT2D eigenvalue weighted by molar-refractivity contribution is -0.136. The molecule has 3 aliphatic carbocycles. The summed E-state index contributed by atoms with van der Waals surface area (Å²) in [5.74, 6) is 0.970. The number of nitrogens with zero attached hydrogens (tertiary/aromatic N) is 4. The van der Waals surface area contributed by atoms with Gasteiger partial charge >= 0.3 is 11.9 Å². The summed E-state index contributed by atoms with van der Waals surface area (Å²) in [6.45, 7) is 5.19. The van der Waals surface area contributed by atoms with Crippen LogP contribution in [-0.4, -0.2) is 51.7 Å². The maximum Gasteiger partial charge on any atom is 0.418 e. The van der Waals surface area contributed by atoms with Gasteiger partial charge in [0.15, 0.2) is 0 Å². The third-order valence-corrected chi connectivity index (χ3v) is 11.1. The van der Waals surface area contributed by atoms with Crippen molar-refractivity contribution in [3.8, 4) is 0 Å². The lowest BCUT2D eigenvalue weighted by Crippen LogP contribution is -2.61. The lowest BCUT2D eigenvalue weighted by atomic mass is 9.49. The molecule has 0 aromatic carbocycles. The van der Waals surface area contributed by atoms with Crippen LogP contribution in [0.25, 0.3) is 5.52 Å². The van der Waals surface area contributed by atoms with E-state index >= 15 is 0 Å². The van der Waals surface area contributed by atoms with Crippen molar-refractivity contribution in [2.45, 2.75) is 96.1 Å². The summed E-state index contributed by atoms with van der Waals surface area (Å²) in [6, 6.07) is 1.20. The van der Waals surface area contributed by atoms with E-state index in [4.69, 9.17) is 0 Å². The average Bonchev–Trinajstić information content (AvgIpc) is 3.46. The molecule has 2 aromatic heterocycles. The molecule has 4 heterocycles. The maximum atomic E-state index is 14.3. The van der Waals surface area contributed by atoms with Crippen LogP contribution in [0.3, 0.4) is 0 Å². The number of hydrogen-bond acceptors (Lipinski definition) is 5. The second-order valence-corrected chi connectivity index (χ2v) is 14.1. The lowest BCUT2D eigenvalue weighted by Gasteiger charge is -2.59. The summed E-state index contributed by atoms with van der Waals surface area (Å²) in [5, 5.41) is 0. The van der Waals surface area contributed by atoms with Crippen LogP contribution < -0.4 is 16.5 Å².